The molecule has 1 aliphatic rings. The zero-order valence-corrected chi connectivity index (χ0v) is 12.5. The van der Waals surface area contributed by atoms with E-state index >= 15 is 0 Å². The summed E-state index contributed by atoms with van der Waals surface area (Å²) in [5.41, 5.74) is 2.49. The van der Waals surface area contributed by atoms with Crippen LogP contribution in [0.2, 0.25) is 0 Å². The highest BCUT2D eigenvalue weighted by Gasteiger charge is 2.30. The van der Waals surface area contributed by atoms with Crippen LogP contribution in [0.3, 0.4) is 0 Å². The van der Waals surface area contributed by atoms with Gasteiger partial charge in [0.05, 0.1) is 16.5 Å². The summed E-state index contributed by atoms with van der Waals surface area (Å²) in [6.45, 7) is 5.68. The van der Waals surface area contributed by atoms with Crippen LogP contribution in [0, 0.1) is 6.92 Å². The first kappa shape index (κ1) is 13.6. The van der Waals surface area contributed by atoms with Gasteiger partial charge in [-0.15, -0.1) is 0 Å². The molecule has 0 radical (unpaired) electrons. The lowest BCUT2D eigenvalue weighted by atomic mass is 9.96. The summed E-state index contributed by atoms with van der Waals surface area (Å²) in [4.78, 5) is 12.9. The van der Waals surface area contributed by atoms with Crippen LogP contribution in [0.4, 0.5) is 0 Å². The van der Waals surface area contributed by atoms with Crippen molar-refractivity contribution in [2.24, 2.45) is 0 Å². The van der Waals surface area contributed by atoms with Gasteiger partial charge < -0.3 is 14.3 Å². The van der Waals surface area contributed by atoms with Gasteiger partial charge in [-0.2, -0.15) is 0 Å². The number of benzene rings is 2. The first-order chi connectivity index (χ1) is 11.1. The third-order valence-corrected chi connectivity index (χ3v) is 4.04. The molecule has 1 atom stereocenters. The first-order valence-corrected chi connectivity index (χ1v) is 7.28. The smallest absolute Gasteiger partial charge is 0.200 e. The molecule has 3 aromatic rings. The Balaban J connectivity index is 2.13. The number of phenols is 1. The number of fused-ring (bicyclic) bond motifs is 4. The third-order valence-electron chi connectivity index (χ3n) is 4.04. The number of hydrogen-bond donors (Lipinski definition) is 1. The van der Waals surface area contributed by atoms with Crippen molar-refractivity contribution in [3.63, 3.8) is 0 Å². The van der Waals surface area contributed by atoms with E-state index in [1.807, 2.05) is 19.1 Å². The molecule has 1 aliphatic heterocycles. The van der Waals surface area contributed by atoms with Crippen LogP contribution in [0.25, 0.3) is 22.3 Å². The van der Waals surface area contributed by atoms with Crippen LogP contribution in [-0.4, -0.2) is 5.11 Å². The summed E-state index contributed by atoms with van der Waals surface area (Å²) in [5, 5.41) is 10.2. The summed E-state index contributed by atoms with van der Waals surface area (Å²) in [6, 6.07) is 10.2. The molecule has 0 fully saturated rings. The zero-order chi connectivity index (χ0) is 16.1. The summed E-state index contributed by atoms with van der Waals surface area (Å²) in [6.07, 6.45) is 0.949. The molecule has 1 N–H and O–H groups in total. The molecular weight excluding hydrogens is 292 g/mol. The molecule has 2 heterocycles. The molecule has 4 heteroatoms. The molecule has 4 nitrogen and oxygen atoms in total. The molecule has 0 aliphatic carbocycles. The van der Waals surface area contributed by atoms with E-state index in [0.717, 1.165) is 5.56 Å². The Hall–Kier alpha value is -3.01. The minimum absolute atomic E-state index is 0.0915. The fourth-order valence-corrected chi connectivity index (χ4v) is 2.94. The first-order valence-electron chi connectivity index (χ1n) is 7.28. The molecule has 0 amide bonds. The second kappa shape index (κ2) is 4.74. The quantitative estimate of drug-likeness (QED) is 0.688. The van der Waals surface area contributed by atoms with Crippen LogP contribution in [0.5, 0.6) is 11.5 Å². The molecule has 23 heavy (non-hydrogen) atoms. The Morgan fingerprint density at radius 2 is 2.04 bits per heavy atom. The highest BCUT2D eigenvalue weighted by molar-refractivity contribution is 5.83. The predicted octanol–water partition coefficient (Wildman–Crippen LogP) is 4.09. The van der Waals surface area contributed by atoms with Gasteiger partial charge in [0.15, 0.2) is 0 Å². The second-order valence-corrected chi connectivity index (χ2v) is 5.63. The SMILES string of the molecule is C=CC1Oc2cc(O)ccc2-c2oc3ccc(C)cc3c(=O)c21. The second-order valence-electron chi connectivity index (χ2n) is 5.63. The number of phenolic OH excluding ortho intramolecular Hbond substituents is 1. The number of hydrogen-bond acceptors (Lipinski definition) is 4. The topological polar surface area (TPSA) is 59.7 Å². The van der Waals surface area contributed by atoms with E-state index in [-0.39, 0.29) is 11.2 Å². The maximum Gasteiger partial charge on any atom is 0.200 e. The van der Waals surface area contributed by atoms with Crippen molar-refractivity contribution in [2.75, 3.05) is 0 Å². The van der Waals surface area contributed by atoms with Gasteiger partial charge in [-0.1, -0.05) is 18.2 Å². The summed E-state index contributed by atoms with van der Waals surface area (Å²) >= 11 is 0. The van der Waals surface area contributed by atoms with E-state index in [4.69, 9.17) is 9.15 Å². The summed E-state index contributed by atoms with van der Waals surface area (Å²) in [7, 11) is 0. The normalized spacial score (nSPS) is 15.6. The Labute approximate surface area is 132 Å². The van der Waals surface area contributed by atoms with Crippen molar-refractivity contribution >= 4 is 11.0 Å². The zero-order valence-electron chi connectivity index (χ0n) is 12.5. The number of rotatable bonds is 1. The lowest BCUT2D eigenvalue weighted by Crippen LogP contribution is -2.21. The average Bonchev–Trinajstić information content (AvgIpc) is 2.54. The van der Waals surface area contributed by atoms with E-state index in [2.05, 4.69) is 6.58 Å². The predicted molar refractivity (Wildman–Crippen MR) is 87.9 cm³/mol. The summed E-state index contributed by atoms with van der Waals surface area (Å²) in [5.74, 6) is 1.03. The molecule has 0 saturated carbocycles. The molecule has 0 spiro atoms. The monoisotopic (exact) mass is 306 g/mol. The number of aryl methyl sites for hydroxylation is 1. The van der Waals surface area contributed by atoms with Crippen LogP contribution < -0.4 is 10.2 Å². The van der Waals surface area contributed by atoms with Gasteiger partial charge in [0.25, 0.3) is 0 Å². The van der Waals surface area contributed by atoms with E-state index in [1.54, 1.807) is 24.3 Å². The Morgan fingerprint density at radius 1 is 1.22 bits per heavy atom. The van der Waals surface area contributed by atoms with E-state index in [9.17, 15) is 9.90 Å². The van der Waals surface area contributed by atoms with Gasteiger partial charge in [0, 0.05) is 6.07 Å². The van der Waals surface area contributed by atoms with Gasteiger partial charge in [-0.05, 0) is 37.3 Å². The molecule has 4 rings (SSSR count). The van der Waals surface area contributed by atoms with Gasteiger partial charge in [-0.3, -0.25) is 4.79 Å². The number of ether oxygens (including phenoxy) is 1. The molecule has 1 unspecified atom stereocenters. The largest absolute Gasteiger partial charge is 0.508 e. The van der Waals surface area contributed by atoms with E-state index in [0.29, 0.717) is 33.6 Å². The van der Waals surface area contributed by atoms with Crippen LogP contribution in [0.1, 0.15) is 17.2 Å². The van der Waals surface area contributed by atoms with Crippen LogP contribution >= 0.6 is 0 Å². The fraction of sp³-hybridized carbons (Fsp3) is 0.105. The van der Waals surface area contributed by atoms with E-state index in [1.165, 1.54) is 6.07 Å². The summed E-state index contributed by atoms with van der Waals surface area (Å²) < 4.78 is 11.8. The van der Waals surface area contributed by atoms with Gasteiger partial charge >= 0.3 is 0 Å². The van der Waals surface area contributed by atoms with Crippen molar-refractivity contribution in [1.82, 2.24) is 0 Å². The minimum atomic E-state index is -0.611. The van der Waals surface area contributed by atoms with Gasteiger partial charge in [-0.25, -0.2) is 0 Å². The fourth-order valence-electron chi connectivity index (χ4n) is 2.94. The Bertz CT molecular complexity index is 1010. The van der Waals surface area contributed by atoms with Crippen molar-refractivity contribution in [1.29, 1.82) is 0 Å². The highest BCUT2D eigenvalue weighted by atomic mass is 16.5. The Morgan fingerprint density at radius 3 is 2.83 bits per heavy atom. The molecule has 2 aromatic carbocycles. The minimum Gasteiger partial charge on any atom is -0.508 e. The highest BCUT2D eigenvalue weighted by Crippen LogP contribution is 2.43. The van der Waals surface area contributed by atoms with E-state index < -0.39 is 6.10 Å². The molecule has 0 saturated heterocycles. The third kappa shape index (κ3) is 1.95. The standard InChI is InChI=1S/C19H14O4/c1-3-14-17-18(21)13-8-10(2)4-7-15(13)23-19(17)12-6-5-11(20)9-16(12)22-14/h3-9,14,20H,1H2,2H3. The molecular formula is C19H14O4. The molecule has 0 bridgehead atoms. The lowest BCUT2D eigenvalue weighted by Gasteiger charge is -2.25. The van der Waals surface area contributed by atoms with Gasteiger partial charge in [0.1, 0.15) is 28.9 Å². The van der Waals surface area contributed by atoms with Gasteiger partial charge in [0.2, 0.25) is 5.43 Å². The molecule has 1 aromatic heterocycles. The maximum atomic E-state index is 12.9. The number of aromatic hydroxyl groups is 1. The Kier molecular flexibility index (Phi) is 2.81. The van der Waals surface area contributed by atoms with Crippen LogP contribution in [-0.2, 0) is 0 Å². The lowest BCUT2D eigenvalue weighted by molar-refractivity contribution is 0.245. The van der Waals surface area contributed by atoms with Crippen LogP contribution in [0.15, 0.2) is 58.3 Å². The van der Waals surface area contributed by atoms with Crippen molar-refractivity contribution in [2.45, 2.75) is 13.0 Å². The van der Waals surface area contributed by atoms with Crippen molar-refractivity contribution < 1.29 is 14.3 Å². The molecule has 114 valence electrons. The maximum absolute atomic E-state index is 12.9. The van der Waals surface area contributed by atoms with Crippen molar-refractivity contribution in [3.8, 4) is 22.8 Å². The average molecular weight is 306 g/mol. The van der Waals surface area contributed by atoms with Crippen molar-refractivity contribution in [3.05, 3.63) is 70.4 Å².